The minimum atomic E-state index is 0.524. The van der Waals surface area contributed by atoms with Crippen LogP contribution >= 0.6 is 0 Å². The number of nitrogens with one attached hydrogen (secondary N) is 1. The summed E-state index contributed by atoms with van der Waals surface area (Å²) >= 11 is 0. The molecule has 4 heteroatoms. The lowest BCUT2D eigenvalue weighted by Crippen LogP contribution is -2.19. The third kappa shape index (κ3) is 1.72. The van der Waals surface area contributed by atoms with Crippen molar-refractivity contribution in [3.05, 3.63) is 59.4 Å². The van der Waals surface area contributed by atoms with Crippen LogP contribution in [0.4, 0.5) is 5.69 Å². The molecule has 0 unspecified atom stereocenters. The third-order valence-electron chi connectivity index (χ3n) is 2.88. The molecular weight excluding hydrogens is 224 g/mol. The molecule has 0 saturated heterocycles. The van der Waals surface area contributed by atoms with Crippen molar-refractivity contribution in [2.45, 2.75) is 6.54 Å². The molecule has 0 radical (unpaired) electrons. The van der Waals surface area contributed by atoms with E-state index in [1.165, 1.54) is 0 Å². The van der Waals surface area contributed by atoms with Gasteiger partial charge in [-0.3, -0.25) is 9.98 Å². The molecule has 1 aliphatic rings. The lowest BCUT2D eigenvalue weighted by atomic mass is 10.0. The zero-order valence-corrected chi connectivity index (χ0v) is 9.59. The predicted octanol–water partition coefficient (Wildman–Crippen LogP) is 2.33. The first-order chi connectivity index (χ1) is 8.88. The summed E-state index contributed by atoms with van der Waals surface area (Å²) in [5.74, 6) is 0.797. The van der Waals surface area contributed by atoms with Crippen molar-refractivity contribution in [2.24, 2.45) is 4.99 Å². The normalized spacial score (nSPS) is 12.9. The molecular formula is C14H10N4. The SMILES string of the molecule is N#Cc1cccc2c1CN=C(c1cccnc1)N2. The van der Waals surface area contributed by atoms with Gasteiger partial charge in [0.1, 0.15) is 5.84 Å². The number of rotatable bonds is 1. The van der Waals surface area contributed by atoms with Gasteiger partial charge >= 0.3 is 0 Å². The van der Waals surface area contributed by atoms with E-state index in [0.29, 0.717) is 12.1 Å². The number of hydrogen-bond donors (Lipinski definition) is 1. The highest BCUT2D eigenvalue weighted by molar-refractivity contribution is 6.09. The fourth-order valence-corrected chi connectivity index (χ4v) is 1.97. The van der Waals surface area contributed by atoms with Crippen LogP contribution in [0.1, 0.15) is 16.7 Å². The minimum absolute atomic E-state index is 0.524. The molecule has 4 nitrogen and oxygen atoms in total. The number of pyridine rings is 1. The minimum Gasteiger partial charge on any atom is -0.340 e. The molecule has 0 fully saturated rings. The monoisotopic (exact) mass is 234 g/mol. The second kappa shape index (κ2) is 4.30. The van der Waals surface area contributed by atoms with Crippen LogP contribution in [0.5, 0.6) is 0 Å². The van der Waals surface area contributed by atoms with Crippen molar-refractivity contribution in [3.63, 3.8) is 0 Å². The van der Waals surface area contributed by atoms with Gasteiger partial charge in [0.25, 0.3) is 0 Å². The molecule has 3 rings (SSSR count). The van der Waals surface area contributed by atoms with E-state index >= 15 is 0 Å². The highest BCUT2D eigenvalue weighted by Gasteiger charge is 2.15. The Morgan fingerprint density at radius 3 is 2.94 bits per heavy atom. The first kappa shape index (κ1) is 10.5. The van der Waals surface area contributed by atoms with Crippen molar-refractivity contribution in [2.75, 3.05) is 5.32 Å². The van der Waals surface area contributed by atoms with Crippen LogP contribution in [0.2, 0.25) is 0 Å². The van der Waals surface area contributed by atoms with Crippen molar-refractivity contribution >= 4 is 11.5 Å². The Bertz CT molecular complexity index is 653. The molecule has 18 heavy (non-hydrogen) atoms. The Morgan fingerprint density at radius 2 is 2.17 bits per heavy atom. The number of nitrogens with zero attached hydrogens (tertiary/aromatic N) is 3. The number of nitriles is 1. The van der Waals surface area contributed by atoms with Gasteiger partial charge in [0.05, 0.1) is 18.2 Å². The van der Waals surface area contributed by atoms with Crippen LogP contribution in [0.25, 0.3) is 0 Å². The van der Waals surface area contributed by atoms with Gasteiger partial charge in [0.2, 0.25) is 0 Å². The lowest BCUT2D eigenvalue weighted by Gasteiger charge is -2.19. The Balaban J connectivity index is 1.99. The van der Waals surface area contributed by atoms with Crippen LogP contribution in [0.15, 0.2) is 47.7 Å². The molecule has 1 aliphatic heterocycles. The summed E-state index contributed by atoms with van der Waals surface area (Å²) in [5.41, 5.74) is 3.52. The molecule has 86 valence electrons. The number of aliphatic imine (C=N–C) groups is 1. The zero-order valence-electron chi connectivity index (χ0n) is 9.59. The Kier molecular flexibility index (Phi) is 2.50. The van der Waals surface area contributed by atoms with Crippen LogP contribution in [-0.2, 0) is 6.54 Å². The Morgan fingerprint density at radius 1 is 1.22 bits per heavy atom. The van der Waals surface area contributed by atoms with Gasteiger partial charge < -0.3 is 5.32 Å². The molecule has 0 bridgehead atoms. The topological polar surface area (TPSA) is 61.1 Å². The van der Waals surface area contributed by atoms with E-state index in [9.17, 15) is 0 Å². The summed E-state index contributed by atoms with van der Waals surface area (Å²) in [6.07, 6.45) is 3.50. The van der Waals surface area contributed by atoms with Crippen molar-refractivity contribution in [1.29, 1.82) is 5.26 Å². The maximum absolute atomic E-state index is 9.04. The molecule has 1 N–H and O–H groups in total. The van der Waals surface area contributed by atoms with Gasteiger partial charge in [-0.2, -0.15) is 5.26 Å². The molecule has 2 aromatic rings. The number of fused-ring (bicyclic) bond motifs is 1. The number of aromatic nitrogens is 1. The van der Waals surface area contributed by atoms with E-state index in [-0.39, 0.29) is 0 Å². The van der Waals surface area contributed by atoms with E-state index in [4.69, 9.17) is 5.26 Å². The third-order valence-corrected chi connectivity index (χ3v) is 2.88. The van der Waals surface area contributed by atoms with Crippen LogP contribution < -0.4 is 5.32 Å². The van der Waals surface area contributed by atoms with Crippen molar-refractivity contribution in [3.8, 4) is 6.07 Å². The van der Waals surface area contributed by atoms with Crippen LogP contribution in [-0.4, -0.2) is 10.8 Å². The summed E-state index contributed by atoms with van der Waals surface area (Å²) in [7, 11) is 0. The quantitative estimate of drug-likeness (QED) is 0.823. The van der Waals surface area contributed by atoms with Crippen molar-refractivity contribution in [1.82, 2.24) is 4.98 Å². The van der Waals surface area contributed by atoms with Gasteiger partial charge in [-0.05, 0) is 24.3 Å². The number of benzene rings is 1. The number of hydrogen-bond acceptors (Lipinski definition) is 4. The van der Waals surface area contributed by atoms with Crippen LogP contribution in [0.3, 0.4) is 0 Å². The number of amidine groups is 1. The molecule has 1 aromatic heterocycles. The standard InChI is InChI=1S/C14H10N4/c15-7-10-3-1-5-13-12(10)9-17-14(18-13)11-4-2-6-16-8-11/h1-6,8H,9H2,(H,17,18). The highest BCUT2D eigenvalue weighted by Crippen LogP contribution is 2.25. The van der Waals surface area contributed by atoms with Crippen molar-refractivity contribution < 1.29 is 0 Å². The largest absolute Gasteiger partial charge is 0.340 e. The van der Waals surface area contributed by atoms with Gasteiger partial charge in [-0.1, -0.05) is 6.07 Å². The second-order valence-electron chi connectivity index (χ2n) is 3.98. The summed E-state index contributed by atoms with van der Waals surface area (Å²) in [5, 5.41) is 12.3. The first-order valence-corrected chi connectivity index (χ1v) is 5.62. The highest BCUT2D eigenvalue weighted by atomic mass is 15.0. The smallest absolute Gasteiger partial charge is 0.134 e. The van der Waals surface area contributed by atoms with E-state index in [1.54, 1.807) is 12.4 Å². The molecule has 0 amide bonds. The Hall–Kier alpha value is -2.67. The molecule has 0 saturated carbocycles. The fourth-order valence-electron chi connectivity index (χ4n) is 1.97. The molecule has 1 aromatic carbocycles. The zero-order chi connectivity index (χ0) is 12.4. The van der Waals surface area contributed by atoms with Crippen LogP contribution in [0, 0.1) is 11.3 Å². The summed E-state index contributed by atoms with van der Waals surface area (Å²) in [6, 6.07) is 11.7. The maximum Gasteiger partial charge on any atom is 0.134 e. The predicted molar refractivity (Wildman–Crippen MR) is 69.3 cm³/mol. The fraction of sp³-hybridized carbons (Fsp3) is 0.0714. The Labute approximate surface area is 105 Å². The van der Waals surface area contributed by atoms with Gasteiger partial charge in [0.15, 0.2) is 0 Å². The summed E-state index contributed by atoms with van der Waals surface area (Å²) in [4.78, 5) is 8.54. The first-order valence-electron chi connectivity index (χ1n) is 5.62. The molecule has 0 aliphatic carbocycles. The van der Waals surface area contributed by atoms with Gasteiger partial charge in [-0.15, -0.1) is 0 Å². The average molecular weight is 234 g/mol. The van der Waals surface area contributed by atoms with E-state index in [2.05, 4.69) is 21.4 Å². The second-order valence-corrected chi connectivity index (χ2v) is 3.98. The molecule has 0 atom stereocenters. The van der Waals surface area contributed by atoms with E-state index in [1.807, 2.05) is 30.3 Å². The summed E-state index contributed by atoms with van der Waals surface area (Å²) < 4.78 is 0. The molecule has 0 spiro atoms. The summed E-state index contributed by atoms with van der Waals surface area (Å²) in [6.45, 7) is 0.524. The van der Waals surface area contributed by atoms with E-state index < -0.39 is 0 Å². The molecule has 2 heterocycles. The van der Waals surface area contributed by atoms with Gasteiger partial charge in [-0.25, -0.2) is 0 Å². The number of anilines is 1. The van der Waals surface area contributed by atoms with Gasteiger partial charge in [0, 0.05) is 29.2 Å². The average Bonchev–Trinajstić information content (AvgIpc) is 2.47. The van der Waals surface area contributed by atoms with E-state index in [0.717, 1.165) is 22.6 Å². The maximum atomic E-state index is 9.04. The lowest BCUT2D eigenvalue weighted by molar-refractivity contribution is 1.04.